The lowest BCUT2D eigenvalue weighted by Crippen LogP contribution is -2.49. The van der Waals surface area contributed by atoms with Crippen molar-refractivity contribution in [1.29, 1.82) is 0 Å². The molecule has 1 saturated heterocycles. The molecule has 0 atom stereocenters. The van der Waals surface area contributed by atoms with E-state index in [0.29, 0.717) is 55.6 Å². The highest BCUT2D eigenvalue weighted by Crippen LogP contribution is 2.34. The Morgan fingerprint density at radius 2 is 1.89 bits per heavy atom. The number of rotatable bonds is 9. The first-order valence-corrected chi connectivity index (χ1v) is 13.3. The van der Waals surface area contributed by atoms with E-state index >= 15 is 0 Å². The predicted octanol–water partition coefficient (Wildman–Crippen LogP) is 1.75. The molecule has 4 rings (SSSR count). The van der Waals surface area contributed by atoms with Crippen LogP contribution in [-0.4, -0.2) is 64.7 Å². The summed E-state index contributed by atoms with van der Waals surface area (Å²) in [4.78, 5) is 35.0. The Balaban J connectivity index is 1.57. The summed E-state index contributed by atoms with van der Waals surface area (Å²) in [5, 5.41) is 6.16. The minimum absolute atomic E-state index is 0.0575. The van der Waals surface area contributed by atoms with Crippen LogP contribution in [0.3, 0.4) is 0 Å². The van der Waals surface area contributed by atoms with E-state index in [4.69, 9.17) is 4.74 Å². The molecule has 1 amide bonds. The summed E-state index contributed by atoms with van der Waals surface area (Å²) in [5.41, 5.74) is 0.800. The molecule has 0 bridgehead atoms. The van der Waals surface area contributed by atoms with Crippen LogP contribution in [0.25, 0.3) is 11.3 Å². The average molecular weight is 513 g/mol. The van der Waals surface area contributed by atoms with Gasteiger partial charge in [-0.3, -0.25) is 14.5 Å². The van der Waals surface area contributed by atoms with Gasteiger partial charge in [-0.05, 0) is 58.0 Å². The van der Waals surface area contributed by atoms with Crippen molar-refractivity contribution < 1.29 is 17.9 Å². The summed E-state index contributed by atoms with van der Waals surface area (Å²) in [7, 11) is -3.56. The van der Waals surface area contributed by atoms with Gasteiger partial charge in [-0.2, -0.15) is 0 Å². The number of carbonyl (C=O) groups excluding carboxylic acids is 1. The highest BCUT2D eigenvalue weighted by molar-refractivity contribution is 7.92. The number of piperidine rings is 1. The molecule has 0 spiro atoms. The molecule has 1 fully saturated rings. The van der Waals surface area contributed by atoms with Gasteiger partial charge in [-0.25, -0.2) is 28.4 Å². The zero-order valence-electron chi connectivity index (χ0n) is 20.1. The number of hydrogen-bond acceptors (Lipinski definition) is 10. The number of nitrogens with zero attached hydrogens (tertiary/aromatic N) is 5. The monoisotopic (exact) mass is 512 g/mol. The van der Waals surface area contributed by atoms with Crippen molar-refractivity contribution in [2.75, 3.05) is 35.5 Å². The van der Waals surface area contributed by atoms with E-state index in [0.717, 1.165) is 5.56 Å². The zero-order valence-corrected chi connectivity index (χ0v) is 20.9. The van der Waals surface area contributed by atoms with E-state index in [1.54, 1.807) is 36.8 Å². The van der Waals surface area contributed by atoms with Crippen LogP contribution >= 0.6 is 0 Å². The molecular formula is C23H28N8O4S. The lowest BCUT2D eigenvalue weighted by atomic mass is 9.75. The summed E-state index contributed by atoms with van der Waals surface area (Å²) in [6, 6.07) is 5.13. The topological polar surface area (TPSA) is 161 Å². The standard InChI is InChI=1S/C23H28N8O4S/c1-3-35-20-15-25-14-17(28-20)16-5-6-19(27-13-16)30-21(32)23(8-11-24-12-9-23)18-7-10-26-22(29-18)31-36(33,34)4-2/h5-7,10,13-15,24H,3-4,8-9,11-12H2,1-2H3,(H,26,29,31)(H,27,30,32). The van der Waals surface area contributed by atoms with Gasteiger partial charge in [0.05, 0.1) is 41.6 Å². The number of amides is 1. The lowest BCUT2D eigenvalue weighted by Gasteiger charge is -2.35. The molecule has 1 aliphatic rings. The highest BCUT2D eigenvalue weighted by Gasteiger charge is 2.43. The van der Waals surface area contributed by atoms with Crippen molar-refractivity contribution in [2.45, 2.75) is 32.1 Å². The van der Waals surface area contributed by atoms with Gasteiger partial charge in [-0.1, -0.05) is 0 Å². The first-order valence-electron chi connectivity index (χ1n) is 11.6. The third kappa shape index (κ3) is 5.74. The molecule has 36 heavy (non-hydrogen) atoms. The van der Waals surface area contributed by atoms with Crippen molar-refractivity contribution in [2.24, 2.45) is 0 Å². The number of anilines is 2. The molecule has 12 nitrogen and oxygen atoms in total. The van der Waals surface area contributed by atoms with Crippen LogP contribution in [0.1, 0.15) is 32.4 Å². The normalized spacial score (nSPS) is 15.2. The van der Waals surface area contributed by atoms with Gasteiger partial charge in [0.15, 0.2) is 0 Å². The summed E-state index contributed by atoms with van der Waals surface area (Å²) in [5.74, 6) is 0.352. The van der Waals surface area contributed by atoms with Gasteiger partial charge in [-0.15, -0.1) is 0 Å². The molecule has 0 aromatic carbocycles. The fourth-order valence-electron chi connectivity index (χ4n) is 3.90. The van der Waals surface area contributed by atoms with Crippen LogP contribution in [0.5, 0.6) is 5.88 Å². The minimum Gasteiger partial charge on any atom is -0.477 e. The van der Waals surface area contributed by atoms with Crippen LogP contribution in [0.4, 0.5) is 11.8 Å². The lowest BCUT2D eigenvalue weighted by molar-refractivity contribution is -0.122. The van der Waals surface area contributed by atoms with Crippen LogP contribution in [0.2, 0.25) is 0 Å². The van der Waals surface area contributed by atoms with Crippen molar-refractivity contribution in [3.05, 3.63) is 48.7 Å². The molecule has 1 aliphatic heterocycles. The van der Waals surface area contributed by atoms with Gasteiger partial charge in [0.2, 0.25) is 27.8 Å². The van der Waals surface area contributed by atoms with Gasteiger partial charge in [0, 0.05) is 18.0 Å². The second-order valence-corrected chi connectivity index (χ2v) is 10.2. The van der Waals surface area contributed by atoms with Crippen LogP contribution in [-0.2, 0) is 20.2 Å². The van der Waals surface area contributed by atoms with E-state index in [1.807, 2.05) is 6.92 Å². The average Bonchev–Trinajstić information content (AvgIpc) is 2.90. The molecule has 0 saturated carbocycles. The molecule has 4 heterocycles. The zero-order chi connectivity index (χ0) is 25.6. The predicted molar refractivity (Wildman–Crippen MR) is 134 cm³/mol. The van der Waals surface area contributed by atoms with E-state index in [-0.39, 0.29) is 17.6 Å². The number of carbonyl (C=O) groups is 1. The molecule has 13 heteroatoms. The largest absolute Gasteiger partial charge is 0.477 e. The molecule has 0 aliphatic carbocycles. The van der Waals surface area contributed by atoms with Gasteiger partial charge in [0.25, 0.3) is 0 Å². The van der Waals surface area contributed by atoms with E-state index in [1.165, 1.54) is 13.1 Å². The van der Waals surface area contributed by atoms with Gasteiger partial charge in [0.1, 0.15) is 5.82 Å². The summed E-state index contributed by atoms with van der Waals surface area (Å²) in [6.45, 7) is 5.09. The van der Waals surface area contributed by atoms with Crippen molar-refractivity contribution >= 4 is 27.7 Å². The SMILES string of the molecule is CCOc1cncc(-c2ccc(NC(=O)C3(c4ccnc(NS(=O)(=O)CC)n4)CCNCC3)nc2)n1. The Labute approximate surface area is 209 Å². The molecule has 0 radical (unpaired) electrons. The Morgan fingerprint density at radius 1 is 1.08 bits per heavy atom. The first kappa shape index (κ1) is 25.4. The van der Waals surface area contributed by atoms with E-state index in [2.05, 4.69) is 40.3 Å². The molecular weight excluding hydrogens is 484 g/mol. The van der Waals surface area contributed by atoms with Crippen molar-refractivity contribution in [3.63, 3.8) is 0 Å². The number of sulfonamides is 1. The molecule has 3 N–H and O–H groups in total. The summed E-state index contributed by atoms with van der Waals surface area (Å²) < 4.78 is 31.7. The maximum absolute atomic E-state index is 13.6. The minimum atomic E-state index is -3.56. The number of pyridine rings is 1. The maximum Gasteiger partial charge on any atom is 0.237 e. The molecule has 0 unspecified atom stereocenters. The van der Waals surface area contributed by atoms with Gasteiger partial charge < -0.3 is 15.4 Å². The smallest absolute Gasteiger partial charge is 0.237 e. The number of ether oxygens (including phenoxy) is 1. The second kappa shape index (κ2) is 10.9. The van der Waals surface area contributed by atoms with E-state index in [9.17, 15) is 13.2 Å². The molecule has 3 aromatic heterocycles. The Hall–Kier alpha value is -3.71. The molecule has 3 aromatic rings. The Morgan fingerprint density at radius 3 is 2.58 bits per heavy atom. The van der Waals surface area contributed by atoms with E-state index < -0.39 is 15.4 Å². The first-order chi connectivity index (χ1) is 17.3. The highest BCUT2D eigenvalue weighted by atomic mass is 32.2. The quantitative estimate of drug-likeness (QED) is 0.385. The maximum atomic E-state index is 13.6. The fraction of sp³-hybridized carbons (Fsp3) is 0.391. The van der Waals surface area contributed by atoms with Crippen LogP contribution < -0.4 is 20.1 Å². The van der Waals surface area contributed by atoms with Crippen molar-refractivity contribution in [3.8, 4) is 17.1 Å². The van der Waals surface area contributed by atoms with Gasteiger partial charge >= 0.3 is 0 Å². The Bertz CT molecular complexity index is 1310. The third-order valence-electron chi connectivity index (χ3n) is 5.87. The van der Waals surface area contributed by atoms with Crippen LogP contribution in [0, 0.1) is 0 Å². The molecule has 190 valence electrons. The summed E-state index contributed by atoms with van der Waals surface area (Å²) in [6.07, 6.45) is 7.17. The summed E-state index contributed by atoms with van der Waals surface area (Å²) >= 11 is 0. The number of aromatic nitrogens is 5. The fourth-order valence-corrected chi connectivity index (χ4v) is 4.42. The second-order valence-electron chi connectivity index (χ2n) is 8.16. The van der Waals surface area contributed by atoms with Crippen molar-refractivity contribution in [1.82, 2.24) is 30.2 Å². The van der Waals surface area contributed by atoms with Crippen LogP contribution in [0.15, 0.2) is 43.0 Å². The third-order valence-corrected chi connectivity index (χ3v) is 7.12. The number of nitrogens with one attached hydrogen (secondary N) is 3. The number of hydrogen-bond donors (Lipinski definition) is 3. The Kier molecular flexibility index (Phi) is 7.70.